The van der Waals surface area contributed by atoms with Gasteiger partial charge in [-0.2, -0.15) is 5.10 Å². The molecule has 3 nitrogen and oxygen atoms in total. The monoisotopic (exact) mass is 334 g/mol. The van der Waals surface area contributed by atoms with Gasteiger partial charge in [0.25, 0.3) is 0 Å². The minimum absolute atomic E-state index is 0.443. The number of benzene rings is 2. The molecule has 0 aliphatic carbocycles. The van der Waals surface area contributed by atoms with Crippen molar-refractivity contribution >= 4 is 38.3 Å². The van der Waals surface area contributed by atoms with Gasteiger partial charge in [-0.15, -0.1) is 5.10 Å². The SMILES string of the molecule is Clc1ccc(Br)cc1Oc1nncc2ccccc12. The molecule has 0 fully saturated rings. The largest absolute Gasteiger partial charge is 0.435 e. The van der Waals surface area contributed by atoms with Gasteiger partial charge in [-0.3, -0.25) is 0 Å². The van der Waals surface area contributed by atoms with Crippen LogP contribution in [-0.4, -0.2) is 10.2 Å². The fourth-order valence-electron chi connectivity index (χ4n) is 1.74. The molecule has 0 saturated heterocycles. The molecule has 0 amide bonds. The molecule has 5 heteroatoms. The highest BCUT2D eigenvalue weighted by atomic mass is 79.9. The van der Waals surface area contributed by atoms with Crippen LogP contribution in [0.15, 0.2) is 53.1 Å². The van der Waals surface area contributed by atoms with Crippen LogP contribution in [0.3, 0.4) is 0 Å². The van der Waals surface area contributed by atoms with Crippen LogP contribution < -0.4 is 4.74 Å². The number of fused-ring (bicyclic) bond motifs is 1. The molecule has 0 spiro atoms. The maximum Gasteiger partial charge on any atom is 0.246 e. The molecule has 0 unspecified atom stereocenters. The van der Waals surface area contributed by atoms with Gasteiger partial charge >= 0.3 is 0 Å². The van der Waals surface area contributed by atoms with Crippen LogP contribution in [0.5, 0.6) is 11.6 Å². The van der Waals surface area contributed by atoms with Gasteiger partial charge in [0.2, 0.25) is 5.88 Å². The molecule has 1 aromatic heterocycles. The highest BCUT2D eigenvalue weighted by molar-refractivity contribution is 9.10. The number of hydrogen-bond donors (Lipinski definition) is 0. The average Bonchev–Trinajstić information content (AvgIpc) is 2.43. The second-order valence-corrected chi connectivity index (χ2v) is 5.24. The first-order valence-electron chi connectivity index (χ1n) is 5.57. The molecule has 3 rings (SSSR count). The number of aromatic nitrogens is 2. The summed E-state index contributed by atoms with van der Waals surface area (Å²) in [5, 5.41) is 10.4. The molecule has 0 atom stereocenters. The van der Waals surface area contributed by atoms with Crippen LogP contribution in [-0.2, 0) is 0 Å². The van der Waals surface area contributed by atoms with E-state index in [4.69, 9.17) is 16.3 Å². The van der Waals surface area contributed by atoms with E-state index in [1.807, 2.05) is 30.3 Å². The van der Waals surface area contributed by atoms with E-state index in [1.54, 1.807) is 18.3 Å². The van der Waals surface area contributed by atoms with Crippen molar-refractivity contribution in [2.45, 2.75) is 0 Å². The van der Waals surface area contributed by atoms with Crippen molar-refractivity contribution in [3.63, 3.8) is 0 Å². The molecular formula is C14H8BrClN2O. The van der Waals surface area contributed by atoms with E-state index in [9.17, 15) is 0 Å². The summed E-state index contributed by atoms with van der Waals surface area (Å²) in [6, 6.07) is 13.2. The molecule has 1 heterocycles. The lowest BCUT2D eigenvalue weighted by Crippen LogP contribution is -1.92. The van der Waals surface area contributed by atoms with Gasteiger partial charge in [-0.1, -0.05) is 45.7 Å². The highest BCUT2D eigenvalue weighted by Gasteiger charge is 2.08. The molecule has 0 radical (unpaired) electrons. The zero-order chi connectivity index (χ0) is 13.2. The smallest absolute Gasteiger partial charge is 0.246 e. The van der Waals surface area contributed by atoms with Crippen molar-refractivity contribution in [3.8, 4) is 11.6 Å². The molecule has 0 saturated carbocycles. The lowest BCUT2D eigenvalue weighted by Gasteiger charge is -2.08. The predicted octanol–water partition coefficient (Wildman–Crippen LogP) is 4.84. The maximum absolute atomic E-state index is 6.10. The van der Waals surface area contributed by atoms with Gasteiger partial charge < -0.3 is 4.74 Å². The summed E-state index contributed by atoms with van der Waals surface area (Å²) >= 11 is 9.49. The Morgan fingerprint density at radius 2 is 1.95 bits per heavy atom. The number of halogens is 2. The van der Waals surface area contributed by atoms with Crippen molar-refractivity contribution < 1.29 is 4.74 Å². The van der Waals surface area contributed by atoms with Gasteiger partial charge in [0.05, 0.1) is 11.2 Å². The minimum Gasteiger partial charge on any atom is -0.435 e. The van der Waals surface area contributed by atoms with Crippen LogP contribution >= 0.6 is 27.5 Å². The van der Waals surface area contributed by atoms with Crippen molar-refractivity contribution in [3.05, 3.63) is 58.2 Å². The Kier molecular flexibility index (Phi) is 3.36. The minimum atomic E-state index is 0.443. The maximum atomic E-state index is 6.10. The first-order valence-corrected chi connectivity index (χ1v) is 6.74. The third kappa shape index (κ3) is 2.55. The Bertz CT molecular complexity index is 743. The molecule has 19 heavy (non-hydrogen) atoms. The fourth-order valence-corrected chi connectivity index (χ4v) is 2.23. The van der Waals surface area contributed by atoms with E-state index in [2.05, 4.69) is 26.1 Å². The molecule has 3 aromatic rings. The molecular weight excluding hydrogens is 328 g/mol. The van der Waals surface area contributed by atoms with Crippen molar-refractivity contribution in [1.29, 1.82) is 0 Å². The Morgan fingerprint density at radius 3 is 2.84 bits per heavy atom. The lowest BCUT2D eigenvalue weighted by atomic mass is 10.2. The van der Waals surface area contributed by atoms with Crippen LogP contribution in [0, 0.1) is 0 Å². The summed E-state index contributed by atoms with van der Waals surface area (Å²) in [6.45, 7) is 0. The van der Waals surface area contributed by atoms with Crippen LogP contribution in [0.4, 0.5) is 0 Å². The van der Waals surface area contributed by atoms with E-state index in [1.165, 1.54) is 0 Å². The second-order valence-electron chi connectivity index (χ2n) is 3.91. The van der Waals surface area contributed by atoms with E-state index < -0.39 is 0 Å². The summed E-state index contributed by atoms with van der Waals surface area (Å²) in [7, 11) is 0. The zero-order valence-corrected chi connectivity index (χ0v) is 12.0. The molecule has 0 N–H and O–H groups in total. The second kappa shape index (κ2) is 5.15. The van der Waals surface area contributed by atoms with E-state index in [-0.39, 0.29) is 0 Å². The van der Waals surface area contributed by atoms with Gasteiger partial charge in [-0.25, -0.2) is 0 Å². The van der Waals surface area contributed by atoms with Gasteiger partial charge in [0.15, 0.2) is 0 Å². The van der Waals surface area contributed by atoms with Crippen molar-refractivity contribution in [1.82, 2.24) is 10.2 Å². The third-order valence-corrected chi connectivity index (χ3v) is 3.44. The number of nitrogens with zero attached hydrogens (tertiary/aromatic N) is 2. The zero-order valence-electron chi connectivity index (χ0n) is 9.68. The first kappa shape index (κ1) is 12.4. The standard InChI is InChI=1S/C14H8BrClN2O/c15-10-5-6-12(16)13(7-10)19-14-11-4-2-1-3-9(11)8-17-18-14/h1-8H. The summed E-state index contributed by atoms with van der Waals surface area (Å²) in [6.07, 6.45) is 1.70. The van der Waals surface area contributed by atoms with Gasteiger partial charge in [0.1, 0.15) is 5.75 Å². The average molecular weight is 336 g/mol. The van der Waals surface area contributed by atoms with Gasteiger partial charge in [-0.05, 0) is 24.3 Å². The van der Waals surface area contributed by atoms with Crippen molar-refractivity contribution in [2.24, 2.45) is 0 Å². The predicted molar refractivity (Wildman–Crippen MR) is 78.8 cm³/mol. The Morgan fingerprint density at radius 1 is 1.11 bits per heavy atom. The Balaban J connectivity index is 2.08. The van der Waals surface area contributed by atoms with E-state index in [0.29, 0.717) is 16.7 Å². The number of rotatable bonds is 2. The third-order valence-electron chi connectivity index (χ3n) is 2.64. The van der Waals surface area contributed by atoms with Gasteiger partial charge in [0, 0.05) is 15.2 Å². The molecule has 2 aromatic carbocycles. The highest BCUT2D eigenvalue weighted by Crippen LogP contribution is 2.33. The summed E-state index contributed by atoms with van der Waals surface area (Å²) < 4.78 is 6.66. The van der Waals surface area contributed by atoms with Crippen LogP contribution in [0.2, 0.25) is 5.02 Å². The molecule has 0 bridgehead atoms. The van der Waals surface area contributed by atoms with Crippen LogP contribution in [0.1, 0.15) is 0 Å². The number of hydrogen-bond acceptors (Lipinski definition) is 3. The Hall–Kier alpha value is -1.65. The summed E-state index contributed by atoms with van der Waals surface area (Å²) in [4.78, 5) is 0. The quantitative estimate of drug-likeness (QED) is 0.672. The summed E-state index contributed by atoms with van der Waals surface area (Å²) in [5.41, 5.74) is 0. The van der Waals surface area contributed by atoms with Crippen molar-refractivity contribution in [2.75, 3.05) is 0 Å². The summed E-state index contributed by atoms with van der Waals surface area (Å²) in [5.74, 6) is 0.986. The molecule has 0 aliphatic heterocycles. The Labute approximate surface area is 123 Å². The number of ether oxygens (including phenoxy) is 1. The molecule has 0 aliphatic rings. The normalized spacial score (nSPS) is 10.6. The molecule has 94 valence electrons. The lowest BCUT2D eigenvalue weighted by molar-refractivity contribution is 0.462. The van der Waals surface area contributed by atoms with E-state index >= 15 is 0 Å². The first-order chi connectivity index (χ1) is 9.24. The van der Waals surface area contributed by atoms with Crippen LogP contribution in [0.25, 0.3) is 10.8 Å². The topological polar surface area (TPSA) is 35.0 Å². The van der Waals surface area contributed by atoms with E-state index in [0.717, 1.165) is 15.2 Å². The fraction of sp³-hybridized carbons (Fsp3) is 0.